The predicted octanol–water partition coefficient (Wildman–Crippen LogP) is 4.24. The van der Waals surface area contributed by atoms with E-state index in [1.165, 1.54) is 30.5 Å². The second-order valence-corrected chi connectivity index (χ2v) is 9.74. The van der Waals surface area contributed by atoms with Crippen molar-refractivity contribution in [3.05, 3.63) is 35.4 Å². The molecule has 0 aromatic heterocycles. The summed E-state index contributed by atoms with van der Waals surface area (Å²) in [5.41, 5.74) is 2.53. The second kappa shape index (κ2) is 9.18. The molecule has 0 N–H and O–H groups in total. The van der Waals surface area contributed by atoms with Crippen LogP contribution in [0.3, 0.4) is 0 Å². The summed E-state index contributed by atoms with van der Waals surface area (Å²) >= 11 is 0. The van der Waals surface area contributed by atoms with Crippen LogP contribution in [0.15, 0.2) is 24.3 Å². The molecule has 0 unspecified atom stereocenters. The summed E-state index contributed by atoms with van der Waals surface area (Å²) in [5, 5.41) is 0. The zero-order valence-corrected chi connectivity index (χ0v) is 18.4. The Kier molecular flexibility index (Phi) is 6.60. The molecule has 3 heterocycles. The number of carbonyl (C=O) groups excluding carboxylic acids is 1. The molecule has 4 nitrogen and oxygen atoms in total. The Morgan fingerprint density at radius 1 is 1.14 bits per heavy atom. The van der Waals surface area contributed by atoms with Crippen molar-refractivity contribution in [1.82, 2.24) is 9.80 Å². The molecule has 4 heteroatoms. The van der Waals surface area contributed by atoms with Crippen molar-refractivity contribution in [2.24, 2.45) is 5.41 Å². The van der Waals surface area contributed by atoms with Crippen LogP contribution in [0.5, 0.6) is 0 Å². The molecular formula is C25H38N2O2. The molecule has 0 aliphatic carbocycles. The Hall–Kier alpha value is -1.39. The molecule has 4 rings (SSSR count). The predicted molar refractivity (Wildman–Crippen MR) is 117 cm³/mol. The van der Waals surface area contributed by atoms with E-state index in [-0.39, 0.29) is 5.41 Å². The summed E-state index contributed by atoms with van der Waals surface area (Å²) in [6.07, 6.45) is 7.44. The van der Waals surface area contributed by atoms with Crippen molar-refractivity contribution in [3.8, 4) is 0 Å². The lowest BCUT2D eigenvalue weighted by molar-refractivity contribution is -0.146. The maximum atomic E-state index is 13.5. The highest BCUT2D eigenvalue weighted by molar-refractivity contribution is 5.83. The summed E-state index contributed by atoms with van der Waals surface area (Å²) in [6.45, 7) is 10.3. The molecule has 3 fully saturated rings. The minimum Gasteiger partial charge on any atom is -0.381 e. The summed E-state index contributed by atoms with van der Waals surface area (Å²) in [7, 11) is 0. The highest BCUT2D eigenvalue weighted by Gasteiger charge is 2.43. The van der Waals surface area contributed by atoms with Crippen LogP contribution in [0.2, 0.25) is 0 Å². The number of carbonyl (C=O) groups is 1. The van der Waals surface area contributed by atoms with Crippen LogP contribution in [0.1, 0.15) is 69.4 Å². The molecule has 29 heavy (non-hydrogen) atoms. The van der Waals surface area contributed by atoms with Gasteiger partial charge < -0.3 is 14.5 Å². The molecule has 1 amide bonds. The normalized spacial score (nSPS) is 25.5. The van der Waals surface area contributed by atoms with Gasteiger partial charge in [0, 0.05) is 38.9 Å². The maximum absolute atomic E-state index is 13.5. The molecule has 3 aliphatic heterocycles. The molecule has 0 saturated carbocycles. The van der Waals surface area contributed by atoms with Gasteiger partial charge in [-0.25, -0.2) is 0 Å². The van der Waals surface area contributed by atoms with E-state index >= 15 is 0 Å². The third-order valence-electron chi connectivity index (χ3n) is 7.44. The topological polar surface area (TPSA) is 32.8 Å². The van der Waals surface area contributed by atoms with E-state index in [2.05, 4.69) is 47.9 Å². The molecule has 1 atom stereocenters. The molecule has 0 radical (unpaired) electrons. The van der Waals surface area contributed by atoms with Crippen molar-refractivity contribution >= 4 is 5.91 Å². The fourth-order valence-corrected chi connectivity index (χ4v) is 5.58. The first-order chi connectivity index (χ1) is 14.1. The van der Waals surface area contributed by atoms with Crippen LogP contribution >= 0.6 is 0 Å². The lowest BCUT2D eigenvalue weighted by Gasteiger charge is -2.39. The molecular weight excluding hydrogens is 360 g/mol. The minimum atomic E-state index is -0.266. The summed E-state index contributed by atoms with van der Waals surface area (Å²) < 4.78 is 5.65. The van der Waals surface area contributed by atoms with Gasteiger partial charge in [-0.05, 0) is 82.4 Å². The van der Waals surface area contributed by atoms with Crippen LogP contribution < -0.4 is 0 Å². The van der Waals surface area contributed by atoms with E-state index in [0.717, 1.165) is 51.7 Å². The fraction of sp³-hybridized carbons (Fsp3) is 0.720. The lowest BCUT2D eigenvalue weighted by Crippen LogP contribution is -2.47. The summed E-state index contributed by atoms with van der Waals surface area (Å²) in [4.78, 5) is 18.2. The number of amides is 1. The van der Waals surface area contributed by atoms with Gasteiger partial charge in [0.2, 0.25) is 5.91 Å². The first-order valence-corrected chi connectivity index (χ1v) is 11.8. The van der Waals surface area contributed by atoms with Crippen LogP contribution in [-0.4, -0.2) is 61.1 Å². The highest BCUT2D eigenvalue weighted by Crippen LogP contribution is 2.38. The van der Waals surface area contributed by atoms with Gasteiger partial charge in [-0.15, -0.1) is 0 Å². The van der Waals surface area contributed by atoms with Gasteiger partial charge in [0.1, 0.15) is 0 Å². The number of likely N-dealkylation sites (tertiary alicyclic amines) is 2. The third kappa shape index (κ3) is 4.69. The first-order valence-electron chi connectivity index (χ1n) is 11.8. The van der Waals surface area contributed by atoms with Gasteiger partial charge >= 0.3 is 0 Å². The molecule has 3 aliphatic rings. The number of ether oxygens (including phenoxy) is 1. The SMILES string of the molecule is CC(C)N1CCC[C@@H](c2cccc(CC3(C(=O)N4CCCC4)CCOCC3)c2)C1. The van der Waals surface area contributed by atoms with Crippen LogP contribution in [0.25, 0.3) is 0 Å². The average Bonchev–Trinajstić information content (AvgIpc) is 3.29. The van der Waals surface area contributed by atoms with Crippen LogP contribution in [0, 0.1) is 5.41 Å². The monoisotopic (exact) mass is 398 g/mol. The Morgan fingerprint density at radius 3 is 2.62 bits per heavy atom. The number of benzene rings is 1. The van der Waals surface area contributed by atoms with Gasteiger partial charge in [0.15, 0.2) is 0 Å². The Morgan fingerprint density at radius 2 is 1.90 bits per heavy atom. The number of rotatable bonds is 5. The van der Waals surface area contributed by atoms with E-state index in [1.807, 2.05) is 0 Å². The third-order valence-corrected chi connectivity index (χ3v) is 7.44. The highest BCUT2D eigenvalue weighted by atomic mass is 16.5. The van der Waals surface area contributed by atoms with Gasteiger partial charge in [-0.2, -0.15) is 0 Å². The first kappa shape index (κ1) is 20.9. The molecule has 0 bridgehead atoms. The van der Waals surface area contributed by atoms with Crippen molar-refractivity contribution in [1.29, 1.82) is 0 Å². The number of hydrogen-bond acceptors (Lipinski definition) is 3. The minimum absolute atomic E-state index is 0.266. The summed E-state index contributed by atoms with van der Waals surface area (Å²) in [6, 6.07) is 9.78. The fourth-order valence-electron chi connectivity index (χ4n) is 5.58. The zero-order chi connectivity index (χ0) is 20.3. The Balaban J connectivity index is 1.52. The Labute approximate surface area is 176 Å². The molecule has 1 aromatic carbocycles. The Bertz CT molecular complexity index is 690. The van der Waals surface area contributed by atoms with Crippen LogP contribution in [-0.2, 0) is 16.0 Å². The van der Waals surface area contributed by atoms with E-state index in [9.17, 15) is 4.79 Å². The average molecular weight is 399 g/mol. The number of hydrogen-bond donors (Lipinski definition) is 0. The van der Waals surface area contributed by atoms with Crippen molar-refractivity contribution in [3.63, 3.8) is 0 Å². The lowest BCUT2D eigenvalue weighted by atomic mass is 9.73. The quantitative estimate of drug-likeness (QED) is 0.744. The number of piperidine rings is 1. The largest absolute Gasteiger partial charge is 0.381 e. The molecule has 1 aromatic rings. The zero-order valence-electron chi connectivity index (χ0n) is 18.4. The van der Waals surface area contributed by atoms with Crippen LogP contribution in [0.4, 0.5) is 0 Å². The maximum Gasteiger partial charge on any atom is 0.229 e. The van der Waals surface area contributed by atoms with E-state index < -0.39 is 0 Å². The smallest absolute Gasteiger partial charge is 0.229 e. The van der Waals surface area contributed by atoms with Crippen molar-refractivity contribution < 1.29 is 9.53 Å². The van der Waals surface area contributed by atoms with Crippen molar-refractivity contribution in [2.45, 2.75) is 70.8 Å². The summed E-state index contributed by atoms with van der Waals surface area (Å²) in [5.74, 6) is 0.998. The standard InChI is InChI=1S/C25H38N2O2/c1-20(2)27-14-6-9-23(19-27)22-8-5-7-21(17-22)18-25(10-15-29-16-11-25)24(28)26-12-3-4-13-26/h5,7-8,17,20,23H,3-4,6,9-16,18-19H2,1-2H3/t23-/m1/s1. The van der Waals surface area contributed by atoms with Crippen molar-refractivity contribution in [2.75, 3.05) is 39.4 Å². The molecule has 0 spiro atoms. The van der Waals surface area contributed by atoms with Gasteiger partial charge in [-0.1, -0.05) is 24.3 Å². The molecule has 3 saturated heterocycles. The number of nitrogens with zero attached hydrogens (tertiary/aromatic N) is 2. The second-order valence-electron chi connectivity index (χ2n) is 9.74. The molecule has 160 valence electrons. The van der Waals surface area contributed by atoms with Gasteiger partial charge in [0.05, 0.1) is 5.41 Å². The van der Waals surface area contributed by atoms with E-state index in [1.54, 1.807) is 0 Å². The van der Waals surface area contributed by atoms with Gasteiger partial charge in [0.25, 0.3) is 0 Å². The van der Waals surface area contributed by atoms with E-state index in [4.69, 9.17) is 4.74 Å². The van der Waals surface area contributed by atoms with Gasteiger partial charge in [-0.3, -0.25) is 4.79 Å². The van der Waals surface area contributed by atoms with E-state index in [0.29, 0.717) is 31.1 Å².